The number of benzene rings is 1. The Kier molecular flexibility index (Phi) is 3.82. The summed E-state index contributed by atoms with van der Waals surface area (Å²) in [5.74, 6) is 0. The first-order chi connectivity index (χ1) is 9.40. The Labute approximate surface area is 122 Å². The molecule has 1 aliphatic heterocycles. The average Bonchev–Trinajstić information content (AvgIpc) is 2.38. The van der Waals surface area contributed by atoms with E-state index in [0.29, 0.717) is 11.4 Å². The van der Waals surface area contributed by atoms with Gasteiger partial charge in [0.25, 0.3) is 0 Å². The molecule has 1 aromatic carbocycles. The first-order valence-corrected chi connectivity index (χ1v) is 6.59. The Bertz CT molecular complexity index is 583. The van der Waals surface area contributed by atoms with Crippen molar-refractivity contribution >= 4 is 36.1 Å². The van der Waals surface area contributed by atoms with Gasteiger partial charge in [-0.2, -0.15) is 9.37 Å². The van der Waals surface area contributed by atoms with Gasteiger partial charge in [0.05, 0.1) is 12.3 Å². The topological polar surface area (TPSA) is 78.4 Å². The summed E-state index contributed by atoms with van der Waals surface area (Å²) in [6, 6.07) is 7.69. The second-order valence-corrected chi connectivity index (χ2v) is 5.43. The predicted molar refractivity (Wildman–Crippen MR) is 80.2 cm³/mol. The van der Waals surface area contributed by atoms with E-state index in [2.05, 4.69) is 17.9 Å². The van der Waals surface area contributed by atoms with Gasteiger partial charge in [0.15, 0.2) is 0 Å². The fourth-order valence-electron chi connectivity index (χ4n) is 2.14. The summed E-state index contributed by atoms with van der Waals surface area (Å²) < 4.78 is 1.38. The molecule has 0 spiro atoms. The number of carbonyl (C=O) groups is 2. The van der Waals surface area contributed by atoms with Crippen molar-refractivity contribution in [2.75, 3.05) is 11.4 Å². The summed E-state index contributed by atoms with van der Waals surface area (Å²) in [5, 5.41) is 2.66. The minimum absolute atomic E-state index is 0.00139. The largest absolute Gasteiger partial charge is 0.510 e. The van der Waals surface area contributed by atoms with Crippen LogP contribution >= 0.6 is 12.6 Å². The number of urea groups is 2. The van der Waals surface area contributed by atoms with E-state index in [1.54, 1.807) is 38.1 Å². The number of carbonyl (C=O) groups excluding carboxylic acids is 2. The van der Waals surface area contributed by atoms with E-state index in [0.717, 1.165) is 4.90 Å². The second-order valence-electron chi connectivity index (χ2n) is 4.69. The van der Waals surface area contributed by atoms with Crippen molar-refractivity contribution in [3.05, 3.63) is 30.3 Å². The number of nitrogens with zero attached hydrogens (tertiary/aromatic N) is 2. The number of rotatable bonds is 2. The van der Waals surface area contributed by atoms with Crippen molar-refractivity contribution in [2.24, 2.45) is 5.73 Å². The monoisotopic (exact) mass is 293 g/mol. The molecular weight excluding hydrogens is 276 g/mol. The first-order valence-electron chi connectivity index (χ1n) is 6.15. The van der Waals surface area contributed by atoms with Gasteiger partial charge in [-0.25, -0.2) is 4.79 Å². The van der Waals surface area contributed by atoms with Crippen molar-refractivity contribution in [3.63, 3.8) is 0 Å². The minimum atomic E-state index is -1.21. The van der Waals surface area contributed by atoms with Crippen molar-refractivity contribution in [2.45, 2.75) is 18.8 Å². The molecule has 1 aromatic rings. The highest BCUT2D eigenvalue weighted by molar-refractivity contribution is 7.81. The minimum Gasteiger partial charge on any atom is -0.324 e. The number of nitrogens with one attached hydrogen (secondary N) is 1. The van der Waals surface area contributed by atoms with Gasteiger partial charge in [-0.05, 0) is 26.0 Å². The van der Waals surface area contributed by atoms with Gasteiger partial charge in [0.2, 0.25) is 4.99 Å². The van der Waals surface area contributed by atoms with Crippen LogP contribution < -0.4 is 16.0 Å². The van der Waals surface area contributed by atoms with Crippen LogP contribution in [0.1, 0.15) is 13.8 Å². The molecule has 0 radical (unpaired) electrons. The third-order valence-corrected chi connectivity index (χ3v) is 3.50. The molecule has 20 heavy (non-hydrogen) atoms. The summed E-state index contributed by atoms with van der Waals surface area (Å²) >= 11 is 4.36. The Balaban J connectivity index is 2.52. The summed E-state index contributed by atoms with van der Waals surface area (Å²) in [5.41, 5.74) is 6.84. The van der Waals surface area contributed by atoms with Gasteiger partial charge in [-0.15, -0.1) is 17.5 Å². The van der Waals surface area contributed by atoms with Crippen LogP contribution in [0.3, 0.4) is 0 Å². The molecular formula is C13H17N4O2S+. The molecule has 1 atom stereocenters. The lowest BCUT2D eigenvalue weighted by Crippen LogP contribution is -2.70. The van der Waals surface area contributed by atoms with Crippen LogP contribution in [0.4, 0.5) is 15.3 Å². The number of hydrogen-bond acceptors (Lipinski definition) is 4. The van der Waals surface area contributed by atoms with E-state index < -0.39 is 17.1 Å². The predicted octanol–water partition coefficient (Wildman–Crippen LogP) is 1.37. The molecule has 0 bridgehead atoms. The zero-order valence-corrected chi connectivity index (χ0v) is 12.2. The highest BCUT2D eigenvalue weighted by Gasteiger charge is 2.52. The number of hydrogen-bond donors (Lipinski definition) is 3. The molecule has 4 amide bonds. The van der Waals surface area contributed by atoms with Crippen LogP contribution in [0.25, 0.3) is 0 Å². The Hall–Kier alpha value is -1.86. The van der Waals surface area contributed by atoms with Gasteiger partial charge in [0.1, 0.15) is 5.69 Å². The molecule has 106 valence electrons. The third-order valence-electron chi connectivity index (χ3n) is 3.01. The SMILES string of the molecule is CC(C)=[N+]1C(=O)N(c2ccccc2)C(=O)NC1(S)CN. The Morgan fingerprint density at radius 2 is 1.95 bits per heavy atom. The standard InChI is InChI=1S/C13H16N4O2S/c1-9(2)17-12(19)16(10-6-4-3-5-7-10)11(18)15-13(17,20)8-14/h3-7H,8,14H2,1-2H3,(H-,15,18,20)/p+1. The van der Waals surface area contributed by atoms with Crippen molar-refractivity contribution in [1.82, 2.24) is 5.32 Å². The van der Waals surface area contributed by atoms with Crippen molar-refractivity contribution < 1.29 is 14.2 Å². The number of anilines is 1. The molecule has 1 aliphatic rings. The third kappa shape index (κ3) is 2.30. The fraction of sp³-hybridized carbons (Fsp3) is 0.308. The summed E-state index contributed by atoms with van der Waals surface area (Å²) in [6.45, 7) is 3.53. The second kappa shape index (κ2) is 5.26. The molecule has 7 heteroatoms. The van der Waals surface area contributed by atoms with Crippen LogP contribution in [0.2, 0.25) is 0 Å². The lowest BCUT2D eigenvalue weighted by molar-refractivity contribution is -0.492. The summed E-state index contributed by atoms with van der Waals surface area (Å²) in [6.07, 6.45) is 0. The zero-order chi connectivity index (χ0) is 14.9. The zero-order valence-electron chi connectivity index (χ0n) is 11.3. The smallest absolute Gasteiger partial charge is 0.324 e. The Morgan fingerprint density at radius 1 is 1.35 bits per heavy atom. The van der Waals surface area contributed by atoms with Crippen LogP contribution in [0.15, 0.2) is 30.3 Å². The quantitative estimate of drug-likeness (QED) is 0.569. The van der Waals surface area contributed by atoms with Crippen LogP contribution in [0.5, 0.6) is 0 Å². The van der Waals surface area contributed by atoms with Crippen LogP contribution in [0, 0.1) is 0 Å². The van der Waals surface area contributed by atoms with Crippen molar-refractivity contribution in [3.8, 4) is 0 Å². The lowest BCUT2D eigenvalue weighted by atomic mass is 10.2. The van der Waals surface area contributed by atoms with E-state index in [4.69, 9.17) is 5.73 Å². The fourth-order valence-corrected chi connectivity index (χ4v) is 2.52. The van der Waals surface area contributed by atoms with Gasteiger partial charge in [0, 0.05) is 0 Å². The molecule has 3 N–H and O–H groups in total. The first kappa shape index (κ1) is 14.5. The summed E-state index contributed by atoms with van der Waals surface area (Å²) in [7, 11) is 0. The average molecular weight is 293 g/mol. The molecule has 2 rings (SSSR count). The van der Waals surface area contributed by atoms with Crippen LogP contribution in [-0.4, -0.2) is 33.9 Å². The van der Waals surface area contributed by atoms with Gasteiger partial charge < -0.3 is 5.73 Å². The number of imide groups is 1. The molecule has 1 heterocycles. The molecule has 0 saturated carbocycles. The van der Waals surface area contributed by atoms with E-state index in [1.807, 2.05) is 6.07 Å². The van der Waals surface area contributed by atoms with E-state index in [1.165, 1.54) is 4.58 Å². The number of para-hydroxylation sites is 1. The number of amides is 4. The maximum atomic E-state index is 12.6. The highest BCUT2D eigenvalue weighted by Crippen LogP contribution is 2.24. The van der Waals surface area contributed by atoms with E-state index >= 15 is 0 Å². The van der Waals surface area contributed by atoms with Gasteiger partial charge in [-0.1, -0.05) is 18.2 Å². The molecule has 6 nitrogen and oxygen atoms in total. The maximum Gasteiger partial charge on any atom is 0.510 e. The highest BCUT2D eigenvalue weighted by atomic mass is 32.1. The number of thiol groups is 1. The van der Waals surface area contributed by atoms with Gasteiger partial charge >= 0.3 is 12.1 Å². The van der Waals surface area contributed by atoms with E-state index in [9.17, 15) is 9.59 Å². The molecule has 1 unspecified atom stereocenters. The molecule has 0 aromatic heterocycles. The van der Waals surface area contributed by atoms with Crippen molar-refractivity contribution in [1.29, 1.82) is 0 Å². The normalized spacial score (nSPS) is 22.8. The number of nitrogens with two attached hydrogens (primary N) is 1. The van der Waals surface area contributed by atoms with Crippen LogP contribution in [-0.2, 0) is 0 Å². The molecule has 0 aliphatic carbocycles. The summed E-state index contributed by atoms with van der Waals surface area (Å²) in [4.78, 5) is 24.7. The Morgan fingerprint density at radius 3 is 2.45 bits per heavy atom. The lowest BCUT2D eigenvalue weighted by Gasteiger charge is -2.34. The molecule has 1 fully saturated rings. The van der Waals surface area contributed by atoms with E-state index in [-0.39, 0.29) is 6.54 Å². The maximum absolute atomic E-state index is 12.6. The van der Waals surface area contributed by atoms with Gasteiger partial charge in [-0.3, -0.25) is 5.32 Å². The molecule has 1 saturated heterocycles.